The number of carbonyl (C=O) groups excluding carboxylic acids is 1. The molecule has 0 saturated heterocycles. The molecule has 0 fully saturated rings. The van der Waals surface area contributed by atoms with Crippen LogP contribution in [0.2, 0.25) is 0 Å². The van der Waals surface area contributed by atoms with Gasteiger partial charge in [-0.2, -0.15) is 0 Å². The third kappa shape index (κ3) is 4.58. The average molecular weight is 297 g/mol. The minimum absolute atomic E-state index is 0.0383. The number of rotatable bonds is 8. The van der Waals surface area contributed by atoms with Crippen molar-refractivity contribution in [3.63, 3.8) is 0 Å². The predicted octanol–water partition coefficient (Wildman–Crippen LogP) is 2.29. The number of amides is 1. The van der Waals surface area contributed by atoms with Crippen molar-refractivity contribution in [2.45, 2.75) is 45.7 Å². The summed E-state index contributed by atoms with van der Waals surface area (Å²) in [6.07, 6.45) is 1.85. The molecule has 0 spiro atoms. The molecule has 0 bridgehead atoms. The Balaban J connectivity index is 2.78. The highest BCUT2D eigenvalue weighted by atomic mass is 32.1. The second kappa shape index (κ2) is 8.39. The van der Waals surface area contributed by atoms with Gasteiger partial charge in [0, 0.05) is 17.5 Å². The van der Waals surface area contributed by atoms with Crippen LogP contribution in [-0.4, -0.2) is 37.0 Å². The Morgan fingerprint density at radius 3 is 2.70 bits per heavy atom. The second-order valence-electron chi connectivity index (χ2n) is 5.25. The molecule has 3 N–H and O–H groups in total. The number of nitrogens with two attached hydrogens (primary N) is 1. The van der Waals surface area contributed by atoms with Gasteiger partial charge >= 0.3 is 0 Å². The van der Waals surface area contributed by atoms with Crippen LogP contribution in [0.4, 0.5) is 0 Å². The number of nitrogens with zero attached hydrogens (tertiary/aromatic N) is 1. The van der Waals surface area contributed by atoms with E-state index in [1.165, 1.54) is 10.4 Å². The van der Waals surface area contributed by atoms with E-state index in [2.05, 4.69) is 42.4 Å². The molecule has 0 aliphatic heterocycles. The molecule has 5 heteroatoms. The van der Waals surface area contributed by atoms with E-state index in [1.54, 1.807) is 11.3 Å². The van der Waals surface area contributed by atoms with E-state index in [0.717, 1.165) is 19.4 Å². The maximum Gasteiger partial charge on any atom is 0.234 e. The summed E-state index contributed by atoms with van der Waals surface area (Å²) in [6, 6.07) is 2.25. The molecular formula is C15H27N3OS. The van der Waals surface area contributed by atoms with E-state index in [1.807, 2.05) is 7.05 Å². The molecular weight excluding hydrogens is 270 g/mol. The van der Waals surface area contributed by atoms with E-state index in [-0.39, 0.29) is 18.0 Å². The fourth-order valence-electron chi connectivity index (χ4n) is 2.28. The van der Waals surface area contributed by atoms with Gasteiger partial charge in [0.25, 0.3) is 0 Å². The Morgan fingerprint density at radius 1 is 1.50 bits per heavy atom. The summed E-state index contributed by atoms with van der Waals surface area (Å²) >= 11 is 1.72. The zero-order chi connectivity index (χ0) is 15.1. The number of hydrogen-bond donors (Lipinski definition) is 2. The largest absolute Gasteiger partial charge is 0.355 e. The van der Waals surface area contributed by atoms with Crippen LogP contribution in [0.1, 0.15) is 43.2 Å². The van der Waals surface area contributed by atoms with Gasteiger partial charge in [-0.3, -0.25) is 9.69 Å². The van der Waals surface area contributed by atoms with Gasteiger partial charge < -0.3 is 11.1 Å². The summed E-state index contributed by atoms with van der Waals surface area (Å²) in [5, 5.41) is 5.01. The fourth-order valence-corrected chi connectivity index (χ4v) is 3.44. The highest BCUT2D eigenvalue weighted by Gasteiger charge is 2.26. The van der Waals surface area contributed by atoms with Crippen LogP contribution < -0.4 is 11.1 Å². The lowest BCUT2D eigenvalue weighted by Crippen LogP contribution is -2.43. The number of hydrogen-bond acceptors (Lipinski definition) is 4. The van der Waals surface area contributed by atoms with Gasteiger partial charge in [-0.05, 0) is 43.8 Å². The van der Waals surface area contributed by atoms with E-state index in [0.29, 0.717) is 6.54 Å². The van der Waals surface area contributed by atoms with E-state index in [4.69, 9.17) is 5.73 Å². The standard InChI is InChI=1S/C15H27N3OS/c1-5-8-17-13(19)10-18(4)14(12(16)6-2)15-11(3)7-9-20-15/h7,9,12,14H,5-6,8,10,16H2,1-4H3,(H,17,19). The predicted molar refractivity (Wildman–Crippen MR) is 86.0 cm³/mol. The third-order valence-corrected chi connectivity index (χ3v) is 4.58. The van der Waals surface area contributed by atoms with Gasteiger partial charge in [0.05, 0.1) is 12.6 Å². The first kappa shape index (κ1) is 17.1. The first-order valence-corrected chi connectivity index (χ1v) is 8.15. The Kier molecular flexibility index (Phi) is 7.19. The molecule has 0 aliphatic rings. The number of nitrogens with one attached hydrogen (secondary N) is 1. The lowest BCUT2D eigenvalue weighted by atomic mass is 10.0. The van der Waals surface area contributed by atoms with Gasteiger partial charge in [-0.15, -0.1) is 11.3 Å². The number of likely N-dealkylation sites (N-methyl/N-ethyl adjacent to an activating group) is 1. The van der Waals surface area contributed by atoms with Crippen molar-refractivity contribution in [3.8, 4) is 0 Å². The van der Waals surface area contributed by atoms with Crippen LogP contribution in [0.25, 0.3) is 0 Å². The normalized spacial score (nSPS) is 14.3. The molecule has 1 heterocycles. The van der Waals surface area contributed by atoms with Crippen LogP contribution in [0.5, 0.6) is 0 Å². The van der Waals surface area contributed by atoms with Crippen LogP contribution in [0.15, 0.2) is 11.4 Å². The monoisotopic (exact) mass is 297 g/mol. The SMILES string of the molecule is CCCNC(=O)CN(C)C(c1sccc1C)C(N)CC. The van der Waals surface area contributed by atoms with Crippen molar-refractivity contribution in [3.05, 3.63) is 21.9 Å². The van der Waals surface area contributed by atoms with E-state index < -0.39 is 0 Å². The molecule has 0 saturated carbocycles. The lowest BCUT2D eigenvalue weighted by Gasteiger charge is -2.31. The molecule has 1 aromatic rings. The van der Waals surface area contributed by atoms with Gasteiger partial charge in [-0.1, -0.05) is 13.8 Å². The van der Waals surface area contributed by atoms with Crippen molar-refractivity contribution >= 4 is 17.2 Å². The molecule has 1 rings (SSSR count). The maximum absolute atomic E-state index is 11.9. The Hall–Kier alpha value is -0.910. The van der Waals surface area contributed by atoms with Crippen LogP contribution in [0.3, 0.4) is 0 Å². The fraction of sp³-hybridized carbons (Fsp3) is 0.667. The van der Waals surface area contributed by atoms with Crippen molar-refractivity contribution in [1.29, 1.82) is 0 Å². The van der Waals surface area contributed by atoms with Gasteiger partial charge in [-0.25, -0.2) is 0 Å². The van der Waals surface area contributed by atoms with E-state index >= 15 is 0 Å². The van der Waals surface area contributed by atoms with Crippen LogP contribution in [-0.2, 0) is 4.79 Å². The minimum Gasteiger partial charge on any atom is -0.355 e. The topological polar surface area (TPSA) is 58.4 Å². The molecule has 1 aromatic heterocycles. The van der Waals surface area contributed by atoms with Crippen molar-refractivity contribution in [1.82, 2.24) is 10.2 Å². The Bertz CT molecular complexity index is 419. The third-order valence-electron chi connectivity index (χ3n) is 3.49. The summed E-state index contributed by atoms with van der Waals surface area (Å²) < 4.78 is 0. The zero-order valence-corrected chi connectivity index (χ0v) is 13.8. The lowest BCUT2D eigenvalue weighted by molar-refractivity contribution is -0.122. The minimum atomic E-state index is 0.0383. The zero-order valence-electron chi connectivity index (χ0n) is 13.0. The number of aryl methyl sites for hydroxylation is 1. The highest BCUT2D eigenvalue weighted by Crippen LogP contribution is 2.30. The highest BCUT2D eigenvalue weighted by molar-refractivity contribution is 7.10. The molecule has 4 nitrogen and oxygen atoms in total. The van der Waals surface area contributed by atoms with Crippen molar-refractivity contribution in [2.75, 3.05) is 20.1 Å². The molecule has 0 radical (unpaired) electrons. The van der Waals surface area contributed by atoms with Gasteiger partial charge in [0.1, 0.15) is 0 Å². The smallest absolute Gasteiger partial charge is 0.234 e. The molecule has 0 aliphatic carbocycles. The molecule has 0 aromatic carbocycles. The Labute approximate surface area is 126 Å². The summed E-state index contributed by atoms with van der Waals surface area (Å²) in [4.78, 5) is 15.2. The van der Waals surface area contributed by atoms with Crippen LogP contribution in [0, 0.1) is 6.92 Å². The quantitative estimate of drug-likeness (QED) is 0.774. The summed E-state index contributed by atoms with van der Waals surface area (Å²) in [5.74, 6) is 0.0665. The van der Waals surface area contributed by atoms with Gasteiger partial charge in [0.15, 0.2) is 0 Å². The summed E-state index contributed by atoms with van der Waals surface area (Å²) in [6.45, 7) is 7.36. The van der Waals surface area contributed by atoms with Crippen molar-refractivity contribution < 1.29 is 4.79 Å². The molecule has 114 valence electrons. The second-order valence-corrected chi connectivity index (χ2v) is 6.20. The van der Waals surface area contributed by atoms with Gasteiger partial charge in [0.2, 0.25) is 5.91 Å². The molecule has 1 amide bonds. The van der Waals surface area contributed by atoms with Crippen LogP contribution >= 0.6 is 11.3 Å². The van der Waals surface area contributed by atoms with E-state index in [9.17, 15) is 4.79 Å². The molecule has 2 atom stereocenters. The molecule has 2 unspecified atom stereocenters. The first-order valence-electron chi connectivity index (χ1n) is 7.27. The van der Waals surface area contributed by atoms with Crippen molar-refractivity contribution in [2.24, 2.45) is 5.73 Å². The maximum atomic E-state index is 11.9. The first-order chi connectivity index (χ1) is 9.51. The number of carbonyl (C=O) groups is 1. The Morgan fingerprint density at radius 2 is 2.20 bits per heavy atom. The molecule has 20 heavy (non-hydrogen) atoms. The average Bonchev–Trinajstić information content (AvgIpc) is 2.82. The number of thiophene rings is 1. The summed E-state index contributed by atoms with van der Waals surface area (Å²) in [5.41, 5.74) is 7.54. The summed E-state index contributed by atoms with van der Waals surface area (Å²) in [7, 11) is 1.98.